The third-order valence-electron chi connectivity index (χ3n) is 2.71. The van der Waals surface area contributed by atoms with Gasteiger partial charge in [-0.1, -0.05) is 0 Å². The second kappa shape index (κ2) is 4.47. The van der Waals surface area contributed by atoms with E-state index in [1.54, 1.807) is 4.98 Å². The quantitative estimate of drug-likeness (QED) is 0.865. The summed E-state index contributed by atoms with van der Waals surface area (Å²) >= 11 is 0. The number of halogens is 3. The monoisotopic (exact) mass is 260 g/mol. The Morgan fingerprint density at radius 1 is 1.39 bits per heavy atom. The zero-order valence-corrected chi connectivity index (χ0v) is 9.30. The molecule has 98 valence electrons. The maximum Gasteiger partial charge on any atom is 0.431 e. The second-order valence-corrected chi connectivity index (χ2v) is 4.27. The summed E-state index contributed by atoms with van der Waals surface area (Å²) in [6.45, 7) is 0.458. The minimum absolute atomic E-state index is 0.302. The average molecular weight is 260 g/mol. The first-order valence-electron chi connectivity index (χ1n) is 5.46. The van der Waals surface area contributed by atoms with Crippen LogP contribution in [0.5, 0.6) is 0 Å². The van der Waals surface area contributed by atoms with Crippen molar-refractivity contribution in [2.75, 3.05) is 6.54 Å². The zero-order chi connectivity index (χ0) is 13.3. The Hall–Kier alpha value is -1.79. The van der Waals surface area contributed by atoms with Gasteiger partial charge in [0.25, 0.3) is 11.5 Å². The van der Waals surface area contributed by atoms with E-state index < -0.39 is 23.3 Å². The van der Waals surface area contributed by atoms with Crippen molar-refractivity contribution in [1.82, 2.24) is 10.3 Å². The van der Waals surface area contributed by atoms with Crippen molar-refractivity contribution >= 4 is 5.91 Å². The Balaban J connectivity index is 2.13. The van der Waals surface area contributed by atoms with E-state index in [1.807, 2.05) is 0 Å². The number of pyridine rings is 1. The van der Waals surface area contributed by atoms with E-state index in [-0.39, 0.29) is 5.56 Å². The predicted octanol–water partition coefficient (Wildman–Crippen LogP) is 1.53. The first-order valence-corrected chi connectivity index (χ1v) is 5.46. The molecule has 0 spiro atoms. The first-order chi connectivity index (χ1) is 8.38. The molecule has 1 heterocycles. The molecule has 1 saturated carbocycles. The van der Waals surface area contributed by atoms with E-state index in [1.165, 1.54) is 0 Å². The average Bonchev–Trinajstić information content (AvgIpc) is 3.08. The van der Waals surface area contributed by atoms with Crippen molar-refractivity contribution < 1.29 is 18.0 Å². The molecule has 0 bridgehead atoms. The van der Waals surface area contributed by atoms with Crippen molar-refractivity contribution in [3.63, 3.8) is 0 Å². The van der Waals surface area contributed by atoms with Crippen molar-refractivity contribution in [2.24, 2.45) is 5.92 Å². The fraction of sp³-hybridized carbons (Fsp3) is 0.455. The SMILES string of the molecule is O=C(NCC1CC1)c1ccc(C(F)(F)F)[nH]c1=O. The summed E-state index contributed by atoms with van der Waals surface area (Å²) in [5.41, 5.74) is -2.49. The summed E-state index contributed by atoms with van der Waals surface area (Å²) in [5.74, 6) is -0.209. The zero-order valence-electron chi connectivity index (χ0n) is 9.30. The molecule has 1 aliphatic carbocycles. The number of carbonyl (C=O) groups is 1. The third kappa shape index (κ3) is 2.91. The van der Waals surface area contributed by atoms with E-state index in [0.717, 1.165) is 18.9 Å². The van der Waals surface area contributed by atoms with Crippen molar-refractivity contribution in [3.8, 4) is 0 Å². The Morgan fingerprint density at radius 2 is 2.06 bits per heavy atom. The van der Waals surface area contributed by atoms with Crippen LogP contribution >= 0.6 is 0 Å². The number of hydrogen-bond donors (Lipinski definition) is 2. The minimum Gasteiger partial charge on any atom is -0.352 e. The fourth-order valence-electron chi connectivity index (χ4n) is 1.47. The van der Waals surface area contributed by atoms with E-state index in [4.69, 9.17) is 0 Å². The van der Waals surface area contributed by atoms with Gasteiger partial charge >= 0.3 is 6.18 Å². The Morgan fingerprint density at radius 3 is 2.56 bits per heavy atom. The molecule has 0 aliphatic heterocycles. The van der Waals surface area contributed by atoms with Gasteiger partial charge in [-0.2, -0.15) is 13.2 Å². The molecule has 0 aromatic carbocycles. The molecule has 0 saturated heterocycles. The number of carbonyl (C=O) groups excluding carboxylic acids is 1. The summed E-state index contributed by atoms with van der Waals surface area (Å²) in [7, 11) is 0. The van der Waals surface area contributed by atoms with Gasteiger partial charge in [0.2, 0.25) is 0 Å². The maximum atomic E-state index is 12.3. The normalized spacial score (nSPS) is 15.5. The summed E-state index contributed by atoms with van der Waals surface area (Å²) in [5, 5.41) is 2.52. The van der Waals surface area contributed by atoms with E-state index in [0.29, 0.717) is 18.5 Å². The molecule has 1 aromatic rings. The number of nitrogens with one attached hydrogen (secondary N) is 2. The summed E-state index contributed by atoms with van der Waals surface area (Å²) < 4.78 is 36.9. The minimum atomic E-state index is -4.62. The van der Waals surface area contributed by atoms with Crippen LogP contribution in [0.1, 0.15) is 28.9 Å². The highest BCUT2D eigenvalue weighted by atomic mass is 19.4. The standard InChI is InChI=1S/C11H11F3N2O2/c12-11(13,14)8-4-3-7(10(18)16-8)9(17)15-5-6-1-2-6/h3-4,6H,1-2,5H2,(H,15,17)(H,16,18). The summed E-state index contributed by atoms with van der Waals surface area (Å²) in [6.07, 6.45) is -2.56. The van der Waals surface area contributed by atoms with E-state index in [2.05, 4.69) is 5.32 Å². The van der Waals surface area contributed by atoms with Crippen LogP contribution in [0.3, 0.4) is 0 Å². The van der Waals surface area contributed by atoms with Gasteiger partial charge in [0.15, 0.2) is 0 Å². The molecule has 0 unspecified atom stereocenters. The molecule has 1 fully saturated rings. The van der Waals surface area contributed by atoms with Gasteiger partial charge in [-0.3, -0.25) is 9.59 Å². The number of hydrogen-bond acceptors (Lipinski definition) is 2. The molecule has 7 heteroatoms. The van der Waals surface area contributed by atoms with Crippen LogP contribution in [0.25, 0.3) is 0 Å². The van der Waals surface area contributed by atoms with Gasteiger partial charge in [0, 0.05) is 6.54 Å². The molecule has 2 N–H and O–H groups in total. The number of H-pyrrole nitrogens is 1. The molecule has 0 atom stereocenters. The molecule has 0 radical (unpaired) electrons. The van der Waals surface area contributed by atoms with Crippen LogP contribution in [-0.4, -0.2) is 17.4 Å². The van der Waals surface area contributed by atoms with Gasteiger partial charge in [-0.15, -0.1) is 0 Å². The van der Waals surface area contributed by atoms with E-state index >= 15 is 0 Å². The van der Waals surface area contributed by atoms with Gasteiger partial charge in [-0.25, -0.2) is 0 Å². The van der Waals surface area contributed by atoms with Crippen LogP contribution in [0.2, 0.25) is 0 Å². The molecule has 18 heavy (non-hydrogen) atoms. The molecule has 1 aromatic heterocycles. The van der Waals surface area contributed by atoms with Crippen molar-refractivity contribution in [2.45, 2.75) is 19.0 Å². The Kier molecular flexibility index (Phi) is 3.14. The van der Waals surface area contributed by atoms with Crippen LogP contribution in [0, 0.1) is 5.92 Å². The van der Waals surface area contributed by atoms with Crippen molar-refractivity contribution in [3.05, 3.63) is 33.7 Å². The lowest BCUT2D eigenvalue weighted by Gasteiger charge is -2.07. The molecular formula is C11H11F3N2O2. The van der Waals surface area contributed by atoms with Gasteiger partial charge < -0.3 is 10.3 Å². The number of alkyl halides is 3. The number of amides is 1. The lowest BCUT2D eigenvalue weighted by Crippen LogP contribution is -2.31. The van der Waals surface area contributed by atoms with E-state index in [9.17, 15) is 22.8 Å². The lowest BCUT2D eigenvalue weighted by atomic mass is 10.2. The van der Waals surface area contributed by atoms with Crippen LogP contribution in [0.4, 0.5) is 13.2 Å². The topological polar surface area (TPSA) is 62.0 Å². The Bertz CT molecular complexity index is 518. The second-order valence-electron chi connectivity index (χ2n) is 4.27. The van der Waals surface area contributed by atoms with Gasteiger partial charge in [-0.05, 0) is 30.9 Å². The Labute approximate surface area is 100 Å². The lowest BCUT2D eigenvalue weighted by molar-refractivity contribution is -0.141. The highest BCUT2D eigenvalue weighted by Crippen LogP contribution is 2.28. The highest BCUT2D eigenvalue weighted by Gasteiger charge is 2.32. The van der Waals surface area contributed by atoms with Gasteiger partial charge in [0.05, 0.1) is 0 Å². The summed E-state index contributed by atoms with van der Waals surface area (Å²) in [4.78, 5) is 24.6. The predicted molar refractivity (Wildman–Crippen MR) is 57.1 cm³/mol. The molecule has 4 nitrogen and oxygen atoms in total. The largest absolute Gasteiger partial charge is 0.431 e. The van der Waals surface area contributed by atoms with Crippen molar-refractivity contribution in [1.29, 1.82) is 0 Å². The molecular weight excluding hydrogens is 249 g/mol. The molecule has 2 rings (SSSR count). The third-order valence-corrected chi connectivity index (χ3v) is 2.71. The summed E-state index contributed by atoms with van der Waals surface area (Å²) in [6, 6.07) is 1.58. The fourth-order valence-corrected chi connectivity index (χ4v) is 1.47. The van der Waals surface area contributed by atoms with Crippen LogP contribution < -0.4 is 10.9 Å². The van der Waals surface area contributed by atoms with Gasteiger partial charge in [0.1, 0.15) is 11.3 Å². The first kappa shape index (κ1) is 12.7. The number of aromatic amines is 1. The van der Waals surface area contributed by atoms with Crippen LogP contribution in [0.15, 0.2) is 16.9 Å². The molecule has 1 aliphatic rings. The maximum absolute atomic E-state index is 12.3. The number of aromatic nitrogens is 1. The molecule has 1 amide bonds. The number of rotatable bonds is 3. The smallest absolute Gasteiger partial charge is 0.352 e. The van der Waals surface area contributed by atoms with Crippen LogP contribution in [-0.2, 0) is 6.18 Å². The highest BCUT2D eigenvalue weighted by molar-refractivity contribution is 5.93.